The van der Waals surface area contributed by atoms with E-state index < -0.39 is 30.0 Å². The van der Waals surface area contributed by atoms with Gasteiger partial charge in [0.1, 0.15) is 0 Å². The molecule has 20 heavy (non-hydrogen) atoms. The van der Waals surface area contributed by atoms with E-state index in [4.69, 9.17) is 4.74 Å². The summed E-state index contributed by atoms with van der Waals surface area (Å²) in [6, 6.07) is 5.39. The Balaban J connectivity index is 1.68. The van der Waals surface area contributed by atoms with Gasteiger partial charge in [-0.25, -0.2) is 0 Å². The smallest absolute Gasteiger partial charge is 0.227 e. The van der Waals surface area contributed by atoms with Crippen LogP contribution in [-0.4, -0.2) is 29.1 Å². The molecule has 0 aliphatic carbocycles. The highest BCUT2D eigenvalue weighted by Crippen LogP contribution is 2.38. The summed E-state index contributed by atoms with van der Waals surface area (Å²) in [5.41, 5.74) is 0.713. The van der Waals surface area contributed by atoms with Crippen LogP contribution in [0, 0.1) is 11.8 Å². The van der Waals surface area contributed by atoms with Crippen LogP contribution in [0.4, 0.5) is 0 Å². The molecule has 1 amide bonds. The Bertz CT molecular complexity index is 558. The van der Waals surface area contributed by atoms with Crippen molar-refractivity contribution in [2.24, 2.45) is 11.8 Å². The van der Waals surface area contributed by atoms with Crippen LogP contribution in [0.5, 0.6) is 0 Å². The third-order valence-corrected chi connectivity index (χ3v) is 3.64. The molecule has 4 unspecified atom stereocenters. The summed E-state index contributed by atoms with van der Waals surface area (Å²) in [4.78, 5) is 27.4. The van der Waals surface area contributed by atoms with Crippen molar-refractivity contribution < 1.29 is 19.4 Å². The zero-order valence-electron chi connectivity index (χ0n) is 10.6. The van der Waals surface area contributed by atoms with Crippen LogP contribution in [-0.2, 0) is 20.9 Å². The zero-order valence-corrected chi connectivity index (χ0v) is 10.6. The van der Waals surface area contributed by atoms with E-state index >= 15 is 0 Å². The molecule has 2 aliphatic rings. The van der Waals surface area contributed by atoms with E-state index in [1.165, 1.54) is 0 Å². The van der Waals surface area contributed by atoms with Gasteiger partial charge in [0, 0.05) is 18.1 Å². The Morgan fingerprint density at radius 3 is 2.65 bits per heavy atom. The van der Waals surface area contributed by atoms with Gasteiger partial charge in [0.25, 0.3) is 0 Å². The maximum absolute atomic E-state index is 12.2. The predicted octanol–water partition coefficient (Wildman–Crippen LogP) is -0.983. The van der Waals surface area contributed by atoms with Gasteiger partial charge in [-0.05, 0) is 12.1 Å². The van der Waals surface area contributed by atoms with Crippen LogP contribution < -0.4 is 10.4 Å². The second-order valence-corrected chi connectivity index (χ2v) is 4.86. The number of hydrogen-bond donors (Lipinski definition) is 1. The summed E-state index contributed by atoms with van der Waals surface area (Å²) >= 11 is 0. The number of rotatable bonds is 4. The molecule has 0 saturated carbocycles. The molecule has 0 spiro atoms. The van der Waals surface area contributed by atoms with Crippen molar-refractivity contribution in [1.82, 2.24) is 10.3 Å². The Kier molecular flexibility index (Phi) is 3.23. The molecule has 0 aromatic carbocycles. The van der Waals surface area contributed by atoms with E-state index in [0.717, 1.165) is 0 Å². The predicted molar refractivity (Wildman–Crippen MR) is 65.9 cm³/mol. The number of ether oxygens (including phenoxy) is 1. The normalized spacial score (nSPS) is 30.4. The van der Waals surface area contributed by atoms with Gasteiger partial charge in [-0.3, -0.25) is 9.78 Å². The number of pyridine rings is 1. The lowest BCUT2D eigenvalue weighted by molar-refractivity contribution is -0.313. The second kappa shape index (κ2) is 5.05. The van der Waals surface area contributed by atoms with Crippen molar-refractivity contribution in [2.45, 2.75) is 18.8 Å². The number of carbonyl (C=O) groups excluding carboxylic acids is 2. The van der Waals surface area contributed by atoms with Gasteiger partial charge in [0.05, 0.1) is 30.4 Å². The number of carboxylic acids is 1. The molecule has 1 saturated heterocycles. The lowest BCUT2D eigenvalue weighted by atomic mass is 9.82. The average molecular weight is 273 g/mol. The fraction of sp³-hybridized carbons (Fsp3) is 0.357. The number of carboxylic acid groups (broad SMARTS) is 1. The van der Waals surface area contributed by atoms with E-state index in [9.17, 15) is 14.7 Å². The van der Waals surface area contributed by atoms with Crippen LogP contribution in [0.2, 0.25) is 0 Å². The molecule has 1 N–H and O–H groups in total. The van der Waals surface area contributed by atoms with Crippen molar-refractivity contribution in [3.8, 4) is 0 Å². The van der Waals surface area contributed by atoms with Crippen molar-refractivity contribution >= 4 is 11.9 Å². The van der Waals surface area contributed by atoms with Crippen molar-refractivity contribution in [2.75, 3.05) is 0 Å². The second-order valence-electron chi connectivity index (χ2n) is 4.86. The Morgan fingerprint density at radius 1 is 1.25 bits per heavy atom. The largest absolute Gasteiger partial charge is 0.550 e. The highest BCUT2D eigenvalue weighted by molar-refractivity contribution is 5.86. The van der Waals surface area contributed by atoms with Crippen LogP contribution in [0.25, 0.3) is 0 Å². The first kappa shape index (κ1) is 12.8. The molecule has 6 nitrogen and oxygen atoms in total. The molecule has 104 valence electrons. The Labute approximate surface area is 115 Å². The number of hydrogen-bond acceptors (Lipinski definition) is 5. The van der Waals surface area contributed by atoms with Crippen LogP contribution in [0.1, 0.15) is 5.69 Å². The molecule has 2 aliphatic heterocycles. The van der Waals surface area contributed by atoms with E-state index in [2.05, 4.69) is 10.3 Å². The van der Waals surface area contributed by atoms with Crippen LogP contribution in [0.3, 0.4) is 0 Å². The summed E-state index contributed by atoms with van der Waals surface area (Å²) in [6.45, 7) is 0.261. The minimum atomic E-state index is -1.25. The summed E-state index contributed by atoms with van der Waals surface area (Å²) in [5, 5.41) is 13.9. The number of nitrogens with zero attached hydrogens (tertiary/aromatic N) is 1. The molecule has 4 atom stereocenters. The van der Waals surface area contributed by atoms with Gasteiger partial charge in [-0.1, -0.05) is 18.2 Å². The van der Waals surface area contributed by atoms with E-state index in [1.54, 1.807) is 30.5 Å². The topological polar surface area (TPSA) is 91.4 Å². The van der Waals surface area contributed by atoms with Gasteiger partial charge in [0.15, 0.2) is 0 Å². The standard InChI is InChI=1S/C14H14N2O4/c17-13(16-7-8-3-1-2-6-15-8)11-9-4-5-10(20-9)12(11)14(18)19/h1-6,9-12H,7H2,(H,16,17)(H,18,19)/p-1. The van der Waals surface area contributed by atoms with Gasteiger partial charge >= 0.3 is 0 Å². The van der Waals surface area contributed by atoms with Crippen LogP contribution >= 0.6 is 0 Å². The number of carbonyl (C=O) groups is 2. The SMILES string of the molecule is O=C([O-])C1C2C=CC(O2)C1C(=O)NCc1ccccn1. The minimum absolute atomic E-state index is 0.261. The number of nitrogens with one attached hydrogen (secondary N) is 1. The van der Waals surface area contributed by atoms with Gasteiger partial charge in [-0.2, -0.15) is 0 Å². The highest BCUT2D eigenvalue weighted by Gasteiger charge is 2.50. The monoisotopic (exact) mass is 273 g/mol. The summed E-state index contributed by atoms with van der Waals surface area (Å²) < 4.78 is 5.42. The van der Waals surface area contributed by atoms with Gasteiger partial charge < -0.3 is 20.0 Å². The number of amides is 1. The molecule has 1 aromatic heterocycles. The lowest BCUT2D eigenvalue weighted by Gasteiger charge is -2.24. The van der Waals surface area contributed by atoms with E-state index in [0.29, 0.717) is 5.69 Å². The fourth-order valence-corrected chi connectivity index (χ4v) is 2.70. The number of aliphatic carboxylic acids is 1. The van der Waals surface area contributed by atoms with Crippen LogP contribution in [0.15, 0.2) is 36.5 Å². The van der Waals surface area contributed by atoms with Gasteiger partial charge in [-0.15, -0.1) is 0 Å². The molecule has 6 heteroatoms. The van der Waals surface area contributed by atoms with E-state index in [1.807, 2.05) is 6.07 Å². The third-order valence-electron chi connectivity index (χ3n) is 3.64. The van der Waals surface area contributed by atoms with Crippen molar-refractivity contribution in [1.29, 1.82) is 0 Å². The van der Waals surface area contributed by atoms with Crippen molar-refractivity contribution in [3.63, 3.8) is 0 Å². The first-order valence-corrected chi connectivity index (χ1v) is 6.39. The highest BCUT2D eigenvalue weighted by atomic mass is 16.5. The summed E-state index contributed by atoms with van der Waals surface area (Å²) in [5.74, 6) is -3.26. The Hall–Kier alpha value is -2.21. The average Bonchev–Trinajstić information content (AvgIpc) is 3.06. The van der Waals surface area contributed by atoms with Crippen molar-refractivity contribution in [3.05, 3.63) is 42.2 Å². The third kappa shape index (κ3) is 2.18. The molecule has 1 fully saturated rings. The molecular weight excluding hydrogens is 260 g/mol. The quantitative estimate of drug-likeness (QED) is 0.712. The molecule has 2 bridgehead atoms. The fourth-order valence-electron chi connectivity index (χ4n) is 2.70. The maximum atomic E-state index is 12.2. The molecule has 0 radical (unpaired) electrons. The first-order valence-electron chi connectivity index (χ1n) is 6.39. The molecule has 1 aromatic rings. The summed E-state index contributed by atoms with van der Waals surface area (Å²) in [7, 11) is 0. The summed E-state index contributed by atoms with van der Waals surface area (Å²) in [6.07, 6.45) is 4.00. The number of aromatic nitrogens is 1. The Morgan fingerprint density at radius 2 is 2.00 bits per heavy atom. The van der Waals surface area contributed by atoms with E-state index in [-0.39, 0.29) is 12.5 Å². The number of fused-ring (bicyclic) bond motifs is 2. The molecular formula is C14H13N2O4-. The van der Waals surface area contributed by atoms with Gasteiger partial charge in [0.2, 0.25) is 5.91 Å². The zero-order chi connectivity index (χ0) is 14.1. The lowest BCUT2D eigenvalue weighted by Crippen LogP contribution is -2.46. The molecule has 3 heterocycles. The minimum Gasteiger partial charge on any atom is -0.550 e. The maximum Gasteiger partial charge on any atom is 0.227 e. The first-order chi connectivity index (χ1) is 9.66. The molecule has 3 rings (SSSR count).